The zero-order chi connectivity index (χ0) is 21.1. The van der Waals surface area contributed by atoms with E-state index in [-0.39, 0.29) is 5.56 Å². The number of nitrogens with one attached hydrogen (secondary N) is 1. The van der Waals surface area contributed by atoms with Crippen LogP contribution in [-0.2, 0) is 6.54 Å². The summed E-state index contributed by atoms with van der Waals surface area (Å²) < 4.78 is 16.1. The molecule has 2 aromatic carbocycles. The van der Waals surface area contributed by atoms with E-state index >= 15 is 0 Å². The van der Waals surface area contributed by atoms with Gasteiger partial charge in [-0.05, 0) is 18.2 Å². The number of hydrogen-bond acceptors (Lipinski definition) is 7. The fraction of sp³-hybridized carbons (Fsp3) is 0.364. The van der Waals surface area contributed by atoms with Gasteiger partial charge in [-0.15, -0.1) is 0 Å². The number of anilines is 1. The van der Waals surface area contributed by atoms with Gasteiger partial charge in [0.2, 0.25) is 0 Å². The number of benzene rings is 2. The third kappa shape index (κ3) is 3.91. The Labute approximate surface area is 175 Å². The number of nitrogens with zero attached hydrogens (tertiary/aromatic N) is 3. The number of piperazine rings is 1. The minimum atomic E-state index is -0.177. The highest BCUT2D eigenvalue weighted by atomic mass is 16.5. The van der Waals surface area contributed by atoms with Crippen molar-refractivity contribution in [2.24, 2.45) is 0 Å². The number of methoxy groups -OCH3 is 3. The van der Waals surface area contributed by atoms with Crippen LogP contribution in [0.15, 0.2) is 41.2 Å². The van der Waals surface area contributed by atoms with Crippen LogP contribution in [0.2, 0.25) is 0 Å². The lowest BCUT2D eigenvalue weighted by atomic mass is 10.2. The van der Waals surface area contributed by atoms with Crippen LogP contribution in [0.1, 0.15) is 5.82 Å². The van der Waals surface area contributed by atoms with Gasteiger partial charge in [-0.25, -0.2) is 4.98 Å². The van der Waals surface area contributed by atoms with Gasteiger partial charge < -0.3 is 24.1 Å². The summed E-state index contributed by atoms with van der Waals surface area (Å²) >= 11 is 0. The molecular weight excluding hydrogens is 384 g/mol. The van der Waals surface area contributed by atoms with Crippen molar-refractivity contribution in [1.29, 1.82) is 0 Å². The molecular formula is C22H26N4O4. The molecule has 30 heavy (non-hydrogen) atoms. The van der Waals surface area contributed by atoms with E-state index in [0.29, 0.717) is 34.8 Å². The quantitative estimate of drug-likeness (QED) is 0.668. The molecule has 0 bridgehead atoms. The van der Waals surface area contributed by atoms with Gasteiger partial charge in [-0.1, -0.05) is 12.1 Å². The minimum Gasteiger partial charge on any atom is -0.495 e. The molecule has 0 radical (unpaired) electrons. The summed E-state index contributed by atoms with van der Waals surface area (Å²) in [4.78, 5) is 24.8. The minimum absolute atomic E-state index is 0.177. The van der Waals surface area contributed by atoms with Gasteiger partial charge in [0.1, 0.15) is 11.6 Å². The third-order valence-corrected chi connectivity index (χ3v) is 5.43. The molecule has 1 aliphatic rings. The maximum Gasteiger partial charge on any atom is 0.258 e. The summed E-state index contributed by atoms with van der Waals surface area (Å²) in [6, 6.07) is 11.5. The van der Waals surface area contributed by atoms with Crippen molar-refractivity contribution in [2.45, 2.75) is 6.54 Å². The van der Waals surface area contributed by atoms with Gasteiger partial charge in [0.05, 0.1) is 44.5 Å². The Balaban J connectivity index is 1.49. The van der Waals surface area contributed by atoms with Gasteiger partial charge in [0.25, 0.3) is 5.56 Å². The summed E-state index contributed by atoms with van der Waals surface area (Å²) in [5.74, 6) is 2.60. The van der Waals surface area contributed by atoms with Crippen molar-refractivity contribution in [3.05, 3.63) is 52.6 Å². The lowest BCUT2D eigenvalue weighted by Crippen LogP contribution is -2.46. The van der Waals surface area contributed by atoms with E-state index in [1.165, 1.54) is 0 Å². The Morgan fingerprint density at radius 1 is 0.933 bits per heavy atom. The summed E-state index contributed by atoms with van der Waals surface area (Å²) in [6.45, 7) is 4.07. The number of aromatic amines is 1. The summed E-state index contributed by atoms with van der Waals surface area (Å²) in [7, 11) is 4.81. The molecule has 8 heteroatoms. The van der Waals surface area contributed by atoms with Gasteiger partial charge in [0.15, 0.2) is 11.5 Å². The largest absolute Gasteiger partial charge is 0.495 e. The summed E-state index contributed by atoms with van der Waals surface area (Å²) in [5, 5.41) is 0.484. The molecule has 0 amide bonds. The Morgan fingerprint density at radius 2 is 1.60 bits per heavy atom. The highest BCUT2D eigenvalue weighted by Crippen LogP contribution is 2.30. The summed E-state index contributed by atoms with van der Waals surface area (Å²) in [6.07, 6.45) is 0. The van der Waals surface area contributed by atoms with E-state index in [9.17, 15) is 4.79 Å². The first-order chi connectivity index (χ1) is 14.6. The number of H-pyrrole nitrogens is 1. The molecule has 2 heterocycles. The Kier molecular flexibility index (Phi) is 5.76. The Hall–Kier alpha value is -3.26. The van der Waals surface area contributed by atoms with E-state index in [2.05, 4.69) is 25.8 Å². The van der Waals surface area contributed by atoms with Crippen LogP contribution in [0.4, 0.5) is 5.69 Å². The van der Waals surface area contributed by atoms with Crippen molar-refractivity contribution in [2.75, 3.05) is 52.4 Å². The predicted molar refractivity (Wildman–Crippen MR) is 116 cm³/mol. The van der Waals surface area contributed by atoms with Crippen LogP contribution >= 0.6 is 0 Å². The van der Waals surface area contributed by atoms with E-state index < -0.39 is 0 Å². The zero-order valence-corrected chi connectivity index (χ0v) is 17.5. The molecule has 1 saturated heterocycles. The first kappa shape index (κ1) is 20.0. The van der Waals surface area contributed by atoms with Crippen LogP contribution in [-0.4, -0.2) is 62.4 Å². The highest BCUT2D eigenvalue weighted by Gasteiger charge is 2.20. The monoisotopic (exact) mass is 410 g/mol. The van der Waals surface area contributed by atoms with Gasteiger partial charge in [-0.3, -0.25) is 9.69 Å². The molecule has 0 saturated carbocycles. The predicted octanol–water partition coefficient (Wildman–Crippen LogP) is 2.27. The maximum atomic E-state index is 12.6. The van der Waals surface area contributed by atoms with Crippen LogP contribution in [0.3, 0.4) is 0 Å². The molecule has 1 fully saturated rings. The Bertz CT molecular complexity index is 1090. The second kappa shape index (κ2) is 8.62. The average Bonchev–Trinajstić information content (AvgIpc) is 2.78. The molecule has 158 valence electrons. The van der Waals surface area contributed by atoms with Crippen LogP contribution in [0, 0.1) is 0 Å². The standard InChI is InChI=1S/C22H26N4O4/c1-28-18-7-5-4-6-17(18)26-10-8-25(9-11-26)14-21-23-16-13-20(30-3)19(29-2)12-15(16)22(27)24-21/h4-7,12-13H,8-11,14H2,1-3H3,(H,23,24,27). The normalized spacial score (nSPS) is 14.7. The fourth-order valence-electron chi connectivity index (χ4n) is 3.84. The zero-order valence-electron chi connectivity index (χ0n) is 17.5. The van der Waals surface area contributed by atoms with Crippen LogP contribution < -0.4 is 24.7 Å². The molecule has 0 aliphatic carbocycles. The fourth-order valence-corrected chi connectivity index (χ4v) is 3.84. The maximum absolute atomic E-state index is 12.6. The molecule has 1 aromatic heterocycles. The second-order valence-corrected chi connectivity index (χ2v) is 7.17. The average molecular weight is 410 g/mol. The lowest BCUT2D eigenvalue weighted by Gasteiger charge is -2.36. The van der Waals surface area contributed by atoms with E-state index in [1.807, 2.05) is 18.2 Å². The van der Waals surface area contributed by atoms with E-state index in [0.717, 1.165) is 37.6 Å². The van der Waals surface area contributed by atoms with Crippen molar-refractivity contribution in [3.8, 4) is 17.2 Å². The van der Waals surface area contributed by atoms with Gasteiger partial charge in [-0.2, -0.15) is 0 Å². The van der Waals surface area contributed by atoms with Crippen LogP contribution in [0.5, 0.6) is 17.2 Å². The molecule has 3 aromatic rings. The number of rotatable bonds is 6. The first-order valence-corrected chi connectivity index (χ1v) is 9.88. The lowest BCUT2D eigenvalue weighted by molar-refractivity contribution is 0.243. The number of fused-ring (bicyclic) bond motifs is 1. The third-order valence-electron chi connectivity index (χ3n) is 5.43. The second-order valence-electron chi connectivity index (χ2n) is 7.17. The first-order valence-electron chi connectivity index (χ1n) is 9.88. The van der Waals surface area contributed by atoms with Crippen molar-refractivity contribution in [1.82, 2.24) is 14.9 Å². The van der Waals surface area contributed by atoms with E-state index in [4.69, 9.17) is 14.2 Å². The topological polar surface area (TPSA) is 79.9 Å². The van der Waals surface area contributed by atoms with Crippen molar-refractivity contribution < 1.29 is 14.2 Å². The molecule has 0 atom stereocenters. The summed E-state index contributed by atoms with van der Waals surface area (Å²) in [5.41, 5.74) is 1.53. The number of ether oxygens (including phenoxy) is 3. The number of aromatic nitrogens is 2. The molecule has 0 spiro atoms. The SMILES string of the molecule is COc1cc2nc(CN3CCN(c4ccccc4OC)CC3)[nH]c(=O)c2cc1OC. The number of para-hydroxylation sites is 2. The van der Waals surface area contributed by atoms with Crippen LogP contribution in [0.25, 0.3) is 10.9 Å². The van der Waals surface area contributed by atoms with Gasteiger partial charge >= 0.3 is 0 Å². The molecule has 1 aliphatic heterocycles. The van der Waals surface area contributed by atoms with Crippen molar-refractivity contribution >= 4 is 16.6 Å². The Morgan fingerprint density at radius 3 is 2.30 bits per heavy atom. The number of hydrogen-bond donors (Lipinski definition) is 1. The van der Waals surface area contributed by atoms with E-state index in [1.54, 1.807) is 33.5 Å². The molecule has 8 nitrogen and oxygen atoms in total. The molecule has 0 unspecified atom stereocenters. The molecule has 4 rings (SSSR count). The van der Waals surface area contributed by atoms with Crippen molar-refractivity contribution in [3.63, 3.8) is 0 Å². The smallest absolute Gasteiger partial charge is 0.258 e. The highest BCUT2D eigenvalue weighted by molar-refractivity contribution is 5.81. The molecule has 1 N–H and O–H groups in total. The van der Waals surface area contributed by atoms with Gasteiger partial charge in [0, 0.05) is 32.2 Å².